The van der Waals surface area contributed by atoms with Crippen LogP contribution in [0.3, 0.4) is 0 Å². The van der Waals surface area contributed by atoms with Crippen LogP contribution in [0.25, 0.3) is 0 Å². The molecule has 0 amide bonds. The SMILES string of the molecule is C=CC(C)(C)C(O)CCc1ccccc1. The lowest BCUT2D eigenvalue weighted by atomic mass is 9.84. The molecule has 1 nitrogen and oxygen atoms in total. The zero-order valence-corrected chi connectivity index (χ0v) is 9.61. The van der Waals surface area contributed by atoms with Gasteiger partial charge in [0.15, 0.2) is 0 Å². The Hall–Kier alpha value is -1.08. The molecule has 1 rings (SSSR count). The fourth-order valence-corrected chi connectivity index (χ4v) is 1.46. The first-order valence-electron chi connectivity index (χ1n) is 5.42. The summed E-state index contributed by atoms with van der Waals surface area (Å²) in [6.07, 6.45) is 3.19. The topological polar surface area (TPSA) is 20.2 Å². The number of aliphatic hydroxyl groups excluding tert-OH is 1. The van der Waals surface area contributed by atoms with Crippen LogP contribution in [0.1, 0.15) is 25.8 Å². The number of hydrogen-bond acceptors (Lipinski definition) is 1. The number of hydrogen-bond donors (Lipinski definition) is 1. The molecule has 0 aliphatic rings. The van der Waals surface area contributed by atoms with Crippen LogP contribution >= 0.6 is 0 Å². The third-order valence-electron chi connectivity index (χ3n) is 2.93. The highest BCUT2D eigenvalue weighted by Gasteiger charge is 2.23. The molecule has 1 aromatic carbocycles. The summed E-state index contributed by atoms with van der Waals surface area (Å²) in [5.41, 5.74) is 1.07. The number of benzene rings is 1. The normalized spacial score (nSPS) is 13.5. The Bertz CT molecular complexity index is 300. The Morgan fingerprint density at radius 1 is 1.33 bits per heavy atom. The van der Waals surface area contributed by atoms with E-state index in [1.165, 1.54) is 5.56 Å². The number of rotatable bonds is 5. The molecule has 0 bridgehead atoms. The van der Waals surface area contributed by atoms with Crippen LogP contribution in [0.5, 0.6) is 0 Å². The zero-order chi connectivity index (χ0) is 11.3. The summed E-state index contributed by atoms with van der Waals surface area (Å²) in [6.45, 7) is 7.77. The van der Waals surface area contributed by atoms with Gasteiger partial charge in [-0.15, -0.1) is 6.58 Å². The highest BCUT2D eigenvalue weighted by atomic mass is 16.3. The van der Waals surface area contributed by atoms with Crippen molar-refractivity contribution in [1.29, 1.82) is 0 Å². The molecule has 15 heavy (non-hydrogen) atoms. The van der Waals surface area contributed by atoms with Gasteiger partial charge in [-0.25, -0.2) is 0 Å². The van der Waals surface area contributed by atoms with Crippen LogP contribution in [0, 0.1) is 5.41 Å². The molecule has 0 saturated heterocycles. The maximum atomic E-state index is 9.97. The minimum Gasteiger partial charge on any atom is -0.392 e. The third kappa shape index (κ3) is 3.52. The predicted molar refractivity (Wildman–Crippen MR) is 64.7 cm³/mol. The van der Waals surface area contributed by atoms with E-state index < -0.39 is 0 Å². The number of aliphatic hydroxyl groups is 1. The maximum absolute atomic E-state index is 9.97. The van der Waals surface area contributed by atoms with Crippen molar-refractivity contribution in [2.45, 2.75) is 32.8 Å². The van der Waals surface area contributed by atoms with Crippen molar-refractivity contribution in [3.8, 4) is 0 Å². The van der Waals surface area contributed by atoms with Gasteiger partial charge in [0.25, 0.3) is 0 Å². The van der Waals surface area contributed by atoms with Gasteiger partial charge in [-0.1, -0.05) is 50.3 Å². The van der Waals surface area contributed by atoms with Gasteiger partial charge >= 0.3 is 0 Å². The van der Waals surface area contributed by atoms with E-state index in [4.69, 9.17) is 0 Å². The van der Waals surface area contributed by atoms with Gasteiger partial charge in [0.2, 0.25) is 0 Å². The van der Waals surface area contributed by atoms with Crippen molar-refractivity contribution in [2.24, 2.45) is 5.41 Å². The highest BCUT2D eigenvalue weighted by molar-refractivity contribution is 5.15. The largest absolute Gasteiger partial charge is 0.392 e. The van der Waals surface area contributed by atoms with Crippen LogP contribution < -0.4 is 0 Å². The summed E-state index contributed by atoms with van der Waals surface area (Å²) in [4.78, 5) is 0. The molecule has 1 N–H and O–H groups in total. The van der Waals surface area contributed by atoms with E-state index in [2.05, 4.69) is 18.7 Å². The summed E-state index contributed by atoms with van der Waals surface area (Å²) in [5.74, 6) is 0. The van der Waals surface area contributed by atoms with Crippen LogP contribution in [0.2, 0.25) is 0 Å². The maximum Gasteiger partial charge on any atom is 0.0628 e. The van der Waals surface area contributed by atoms with Gasteiger partial charge < -0.3 is 5.11 Å². The molecule has 1 heteroatoms. The first-order chi connectivity index (χ1) is 7.06. The second kappa shape index (κ2) is 5.13. The van der Waals surface area contributed by atoms with Gasteiger partial charge in [-0.05, 0) is 18.4 Å². The van der Waals surface area contributed by atoms with E-state index >= 15 is 0 Å². The lowest BCUT2D eigenvalue weighted by molar-refractivity contribution is 0.0744. The number of aryl methyl sites for hydroxylation is 1. The quantitative estimate of drug-likeness (QED) is 0.730. The molecule has 0 aromatic heterocycles. The second-order valence-electron chi connectivity index (χ2n) is 4.57. The fourth-order valence-electron chi connectivity index (χ4n) is 1.46. The predicted octanol–water partition coefficient (Wildman–Crippen LogP) is 3.19. The van der Waals surface area contributed by atoms with Crippen LogP contribution in [-0.2, 0) is 6.42 Å². The standard InChI is InChI=1S/C14H20O/c1-4-14(2,3)13(15)11-10-12-8-6-5-7-9-12/h4-9,13,15H,1,10-11H2,2-3H3. The smallest absolute Gasteiger partial charge is 0.0628 e. The Labute approximate surface area is 92.5 Å². The van der Waals surface area contributed by atoms with Crippen molar-refractivity contribution in [2.75, 3.05) is 0 Å². The van der Waals surface area contributed by atoms with Crippen molar-refractivity contribution in [3.63, 3.8) is 0 Å². The van der Waals surface area contributed by atoms with E-state index in [0.29, 0.717) is 0 Å². The monoisotopic (exact) mass is 204 g/mol. The van der Waals surface area contributed by atoms with Crippen molar-refractivity contribution in [3.05, 3.63) is 48.6 Å². The van der Waals surface area contributed by atoms with Crippen molar-refractivity contribution < 1.29 is 5.11 Å². The molecule has 0 saturated carbocycles. The van der Waals surface area contributed by atoms with Crippen molar-refractivity contribution in [1.82, 2.24) is 0 Å². The summed E-state index contributed by atoms with van der Waals surface area (Å²) in [5, 5.41) is 9.97. The second-order valence-corrected chi connectivity index (χ2v) is 4.57. The lowest BCUT2D eigenvalue weighted by Gasteiger charge is -2.26. The fraction of sp³-hybridized carbons (Fsp3) is 0.429. The summed E-state index contributed by atoms with van der Waals surface area (Å²) in [6, 6.07) is 10.2. The average molecular weight is 204 g/mol. The first kappa shape index (κ1) is 12.0. The van der Waals surface area contributed by atoms with E-state index in [1.807, 2.05) is 38.1 Å². The molecule has 1 atom stereocenters. The minimum absolute atomic E-state index is 0.200. The van der Waals surface area contributed by atoms with Gasteiger partial charge in [0.1, 0.15) is 0 Å². The Kier molecular flexibility index (Phi) is 4.10. The van der Waals surface area contributed by atoms with Crippen molar-refractivity contribution >= 4 is 0 Å². The molecule has 0 heterocycles. The molecule has 0 aliphatic heterocycles. The summed E-state index contributed by atoms with van der Waals surface area (Å²) >= 11 is 0. The molecule has 1 unspecified atom stereocenters. The van der Waals surface area contributed by atoms with Gasteiger partial charge in [-0.2, -0.15) is 0 Å². The van der Waals surface area contributed by atoms with Crippen LogP contribution in [0.4, 0.5) is 0 Å². The molecule has 0 spiro atoms. The van der Waals surface area contributed by atoms with Crippen LogP contribution in [0.15, 0.2) is 43.0 Å². The Balaban J connectivity index is 2.48. The van der Waals surface area contributed by atoms with Gasteiger partial charge in [0.05, 0.1) is 6.10 Å². The molecular formula is C14H20O. The van der Waals surface area contributed by atoms with Gasteiger partial charge in [-0.3, -0.25) is 0 Å². The van der Waals surface area contributed by atoms with E-state index in [1.54, 1.807) is 0 Å². The molecule has 0 radical (unpaired) electrons. The van der Waals surface area contributed by atoms with E-state index in [9.17, 15) is 5.11 Å². The van der Waals surface area contributed by atoms with E-state index in [0.717, 1.165) is 12.8 Å². The molecule has 82 valence electrons. The molecule has 0 fully saturated rings. The first-order valence-corrected chi connectivity index (χ1v) is 5.42. The van der Waals surface area contributed by atoms with E-state index in [-0.39, 0.29) is 11.5 Å². The Morgan fingerprint density at radius 2 is 1.93 bits per heavy atom. The van der Waals surface area contributed by atoms with Gasteiger partial charge in [0, 0.05) is 5.41 Å². The molecule has 1 aromatic rings. The minimum atomic E-state index is -0.324. The zero-order valence-electron chi connectivity index (χ0n) is 9.61. The highest BCUT2D eigenvalue weighted by Crippen LogP contribution is 2.25. The lowest BCUT2D eigenvalue weighted by Crippen LogP contribution is -2.27. The molecular weight excluding hydrogens is 184 g/mol. The third-order valence-corrected chi connectivity index (χ3v) is 2.93. The molecule has 0 aliphatic carbocycles. The summed E-state index contributed by atoms with van der Waals surface area (Å²) in [7, 11) is 0. The average Bonchev–Trinajstić information content (AvgIpc) is 2.27. The Morgan fingerprint density at radius 3 is 2.47 bits per heavy atom. The van der Waals surface area contributed by atoms with Crippen LogP contribution in [-0.4, -0.2) is 11.2 Å². The summed E-state index contributed by atoms with van der Waals surface area (Å²) < 4.78 is 0.